The van der Waals surface area contributed by atoms with Gasteiger partial charge < -0.3 is 14.2 Å². The number of halogens is 3. The van der Waals surface area contributed by atoms with Crippen LogP contribution in [0, 0.1) is 17.5 Å². The van der Waals surface area contributed by atoms with Crippen molar-refractivity contribution < 1.29 is 32.2 Å². The summed E-state index contributed by atoms with van der Waals surface area (Å²) in [6, 6.07) is 19.7. The van der Waals surface area contributed by atoms with E-state index in [0.29, 0.717) is 36.5 Å². The highest BCUT2D eigenvalue weighted by atomic mass is 19.2. The minimum Gasteiger partial charge on any atom is -0.494 e. The number of carbonyl (C=O) groups is 1. The SMILES string of the molecule is C=CCCCOc1ccc(C(=O)Oc2ccc(-c3ccc(-c4ccc(OCCCC)cc4)c(F)c3F)cc2)cc1F. The molecule has 4 aromatic carbocycles. The molecule has 4 aromatic rings. The Labute approximate surface area is 238 Å². The molecule has 0 aromatic heterocycles. The number of esters is 1. The molecule has 0 bridgehead atoms. The Balaban J connectivity index is 1.42. The molecule has 0 N–H and O–H groups in total. The number of unbranched alkanes of at least 4 members (excludes halogenated alkanes) is 2. The van der Waals surface area contributed by atoms with Gasteiger partial charge in [-0.15, -0.1) is 6.58 Å². The van der Waals surface area contributed by atoms with Crippen LogP contribution in [0.25, 0.3) is 22.3 Å². The summed E-state index contributed by atoms with van der Waals surface area (Å²) < 4.78 is 60.9. The summed E-state index contributed by atoms with van der Waals surface area (Å²) in [6.45, 7) is 6.63. The highest BCUT2D eigenvalue weighted by Gasteiger charge is 2.17. The van der Waals surface area contributed by atoms with E-state index < -0.39 is 23.4 Å². The molecule has 0 spiro atoms. The van der Waals surface area contributed by atoms with Crippen molar-refractivity contribution >= 4 is 5.97 Å². The normalized spacial score (nSPS) is 10.7. The first-order valence-electron chi connectivity index (χ1n) is 13.5. The molecule has 0 saturated heterocycles. The lowest BCUT2D eigenvalue weighted by Crippen LogP contribution is -2.09. The summed E-state index contributed by atoms with van der Waals surface area (Å²) in [7, 11) is 0. The molecular weight excluding hydrogens is 529 g/mol. The number of ether oxygens (including phenoxy) is 3. The number of hydrogen-bond donors (Lipinski definition) is 0. The predicted octanol–water partition coefficient (Wildman–Crippen LogP) is 9.18. The van der Waals surface area contributed by atoms with Crippen LogP contribution in [0.5, 0.6) is 17.2 Å². The molecule has 0 atom stereocenters. The lowest BCUT2D eigenvalue weighted by Gasteiger charge is -2.11. The second-order valence-corrected chi connectivity index (χ2v) is 9.35. The van der Waals surface area contributed by atoms with E-state index in [-0.39, 0.29) is 28.2 Å². The van der Waals surface area contributed by atoms with Gasteiger partial charge in [0.05, 0.1) is 18.8 Å². The average molecular weight is 561 g/mol. The third-order valence-corrected chi connectivity index (χ3v) is 6.37. The Morgan fingerprint density at radius 2 is 1.34 bits per heavy atom. The van der Waals surface area contributed by atoms with Gasteiger partial charge >= 0.3 is 5.97 Å². The van der Waals surface area contributed by atoms with Crippen molar-refractivity contribution in [1.29, 1.82) is 0 Å². The molecule has 7 heteroatoms. The Kier molecular flexibility index (Phi) is 10.2. The van der Waals surface area contributed by atoms with Crippen molar-refractivity contribution in [2.75, 3.05) is 13.2 Å². The van der Waals surface area contributed by atoms with E-state index in [9.17, 15) is 9.18 Å². The molecule has 41 heavy (non-hydrogen) atoms. The highest BCUT2D eigenvalue weighted by molar-refractivity contribution is 5.91. The van der Waals surface area contributed by atoms with Crippen LogP contribution in [-0.4, -0.2) is 19.2 Å². The first-order valence-corrected chi connectivity index (χ1v) is 13.5. The van der Waals surface area contributed by atoms with Crippen molar-refractivity contribution in [1.82, 2.24) is 0 Å². The van der Waals surface area contributed by atoms with Gasteiger partial charge in [0.25, 0.3) is 0 Å². The maximum atomic E-state index is 15.1. The molecule has 0 aliphatic rings. The zero-order valence-corrected chi connectivity index (χ0v) is 22.8. The summed E-state index contributed by atoms with van der Waals surface area (Å²) >= 11 is 0. The molecule has 0 aliphatic heterocycles. The van der Waals surface area contributed by atoms with Crippen molar-refractivity contribution in [3.05, 3.63) is 115 Å². The molecule has 0 radical (unpaired) electrons. The van der Waals surface area contributed by atoms with Gasteiger partial charge in [-0.3, -0.25) is 0 Å². The van der Waals surface area contributed by atoms with Gasteiger partial charge in [0.1, 0.15) is 11.5 Å². The predicted molar refractivity (Wildman–Crippen MR) is 154 cm³/mol. The molecule has 0 heterocycles. The Hall–Kier alpha value is -4.52. The van der Waals surface area contributed by atoms with Gasteiger partial charge in [0.2, 0.25) is 0 Å². The first-order chi connectivity index (χ1) is 19.9. The molecular formula is C34H31F3O4. The van der Waals surface area contributed by atoms with Crippen molar-refractivity contribution in [2.24, 2.45) is 0 Å². The molecule has 0 unspecified atom stereocenters. The Morgan fingerprint density at radius 3 is 1.90 bits per heavy atom. The maximum absolute atomic E-state index is 15.1. The third-order valence-electron chi connectivity index (χ3n) is 6.37. The van der Waals surface area contributed by atoms with Crippen molar-refractivity contribution in [2.45, 2.75) is 32.6 Å². The fourth-order valence-electron chi connectivity index (χ4n) is 4.08. The van der Waals surface area contributed by atoms with Gasteiger partial charge in [-0.1, -0.05) is 55.8 Å². The number of rotatable bonds is 13. The molecule has 0 saturated carbocycles. The molecule has 4 rings (SSSR count). The Morgan fingerprint density at radius 1 is 0.756 bits per heavy atom. The van der Waals surface area contributed by atoms with E-state index in [0.717, 1.165) is 25.3 Å². The monoisotopic (exact) mass is 560 g/mol. The summed E-state index contributed by atoms with van der Waals surface area (Å²) in [4.78, 5) is 12.5. The number of benzene rings is 4. The van der Waals surface area contributed by atoms with Crippen LogP contribution in [0.4, 0.5) is 13.2 Å². The van der Waals surface area contributed by atoms with Gasteiger partial charge in [0, 0.05) is 11.1 Å². The van der Waals surface area contributed by atoms with Gasteiger partial charge in [-0.05, 0) is 72.9 Å². The summed E-state index contributed by atoms with van der Waals surface area (Å²) in [6.07, 6.45) is 5.16. The van der Waals surface area contributed by atoms with Crippen LogP contribution < -0.4 is 14.2 Å². The fourth-order valence-corrected chi connectivity index (χ4v) is 4.08. The van der Waals surface area contributed by atoms with Crippen LogP contribution in [0.15, 0.2) is 91.5 Å². The molecule has 0 amide bonds. The maximum Gasteiger partial charge on any atom is 0.343 e. The van der Waals surface area contributed by atoms with E-state index in [2.05, 4.69) is 13.5 Å². The van der Waals surface area contributed by atoms with Gasteiger partial charge in [-0.2, -0.15) is 0 Å². The van der Waals surface area contributed by atoms with Crippen LogP contribution in [0.2, 0.25) is 0 Å². The first kappa shape index (κ1) is 29.5. The summed E-state index contributed by atoms with van der Waals surface area (Å²) in [5.74, 6) is -2.51. The summed E-state index contributed by atoms with van der Waals surface area (Å²) in [5, 5.41) is 0. The number of allylic oxidation sites excluding steroid dienone is 1. The quantitative estimate of drug-likeness (QED) is 0.0708. The average Bonchev–Trinajstić information content (AvgIpc) is 2.98. The lowest BCUT2D eigenvalue weighted by atomic mass is 9.98. The van der Waals surface area contributed by atoms with Crippen LogP contribution in [0.1, 0.15) is 43.0 Å². The topological polar surface area (TPSA) is 44.8 Å². The third kappa shape index (κ3) is 7.57. The molecule has 212 valence electrons. The van der Waals surface area contributed by atoms with E-state index in [1.165, 1.54) is 48.5 Å². The fraction of sp³-hybridized carbons (Fsp3) is 0.206. The number of hydrogen-bond acceptors (Lipinski definition) is 4. The molecule has 0 fully saturated rings. The molecule has 0 aliphatic carbocycles. The smallest absolute Gasteiger partial charge is 0.343 e. The minimum absolute atomic E-state index is 0.00859. The van der Waals surface area contributed by atoms with Crippen LogP contribution in [0.3, 0.4) is 0 Å². The van der Waals surface area contributed by atoms with E-state index >= 15 is 8.78 Å². The van der Waals surface area contributed by atoms with Gasteiger partial charge in [-0.25, -0.2) is 18.0 Å². The largest absolute Gasteiger partial charge is 0.494 e. The number of carbonyl (C=O) groups excluding carboxylic acids is 1. The van der Waals surface area contributed by atoms with Crippen LogP contribution >= 0.6 is 0 Å². The van der Waals surface area contributed by atoms with E-state index in [1.807, 2.05) is 0 Å². The second-order valence-electron chi connectivity index (χ2n) is 9.35. The standard InChI is InChI=1S/C34H31F3O4/c1-3-5-7-21-40-31-19-12-25(22-30(31)35)34(38)41-27-15-10-24(11-16-27)29-18-17-28(32(36)33(29)37)23-8-13-26(14-9-23)39-20-6-4-2/h3,8-19,22H,1,4-7,20-21H2,2H3. The highest BCUT2D eigenvalue weighted by Crippen LogP contribution is 2.33. The van der Waals surface area contributed by atoms with Crippen LogP contribution in [-0.2, 0) is 0 Å². The van der Waals surface area contributed by atoms with Crippen molar-refractivity contribution in [3.8, 4) is 39.5 Å². The zero-order valence-electron chi connectivity index (χ0n) is 22.8. The lowest BCUT2D eigenvalue weighted by molar-refractivity contribution is 0.0734. The second kappa shape index (κ2) is 14.2. The van der Waals surface area contributed by atoms with Crippen molar-refractivity contribution in [3.63, 3.8) is 0 Å². The zero-order chi connectivity index (χ0) is 29.2. The minimum atomic E-state index is -0.988. The Bertz CT molecular complexity index is 1480. The van der Waals surface area contributed by atoms with Gasteiger partial charge in [0.15, 0.2) is 23.2 Å². The van der Waals surface area contributed by atoms with E-state index in [4.69, 9.17) is 14.2 Å². The summed E-state index contributed by atoms with van der Waals surface area (Å²) in [5.41, 5.74) is 1.14. The molecule has 4 nitrogen and oxygen atoms in total. The van der Waals surface area contributed by atoms with E-state index in [1.54, 1.807) is 30.3 Å².